The van der Waals surface area contributed by atoms with Crippen molar-refractivity contribution in [2.24, 2.45) is 0 Å². The highest BCUT2D eigenvalue weighted by Gasteiger charge is 2.35. The molecule has 0 unspecified atom stereocenters. The summed E-state index contributed by atoms with van der Waals surface area (Å²) in [7, 11) is 0. The number of anilines is 1. The van der Waals surface area contributed by atoms with Crippen LogP contribution in [0, 0.1) is 0 Å². The van der Waals surface area contributed by atoms with Crippen LogP contribution >= 0.6 is 0 Å². The summed E-state index contributed by atoms with van der Waals surface area (Å²) < 4.78 is 0. The second kappa shape index (κ2) is 5.58. The zero-order valence-corrected chi connectivity index (χ0v) is 11.7. The highest BCUT2D eigenvalue weighted by atomic mass is 16.3. The van der Waals surface area contributed by atoms with Crippen molar-refractivity contribution in [2.45, 2.75) is 18.4 Å². The summed E-state index contributed by atoms with van der Waals surface area (Å²) in [6.45, 7) is 0.236. The first-order valence-electron chi connectivity index (χ1n) is 7.04. The van der Waals surface area contributed by atoms with E-state index in [1.165, 1.54) is 0 Å². The molecule has 4 heteroatoms. The molecule has 1 aliphatic carbocycles. The molecule has 2 aromatic rings. The van der Waals surface area contributed by atoms with Gasteiger partial charge in [-0.2, -0.15) is 0 Å². The number of para-hydroxylation sites is 1. The highest BCUT2D eigenvalue weighted by molar-refractivity contribution is 5.89. The molecule has 108 valence electrons. The fraction of sp³-hybridized carbons (Fsp3) is 0.235. The van der Waals surface area contributed by atoms with Crippen molar-refractivity contribution < 1.29 is 9.90 Å². The molecule has 0 aliphatic heterocycles. The molecule has 3 rings (SSSR count). The van der Waals surface area contributed by atoms with Gasteiger partial charge in [-0.05, 0) is 23.3 Å². The smallest absolute Gasteiger partial charge is 0.319 e. The molecular formula is C17H18N2O2. The van der Waals surface area contributed by atoms with Crippen molar-refractivity contribution in [1.82, 2.24) is 5.32 Å². The summed E-state index contributed by atoms with van der Waals surface area (Å²) in [6, 6.07) is 16.9. The van der Waals surface area contributed by atoms with E-state index in [9.17, 15) is 9.90 Å². The third kappa shape index (κ3) is 3.23. The molecule has 0 saturated heterocycles. The van der Waals surface area contributed by atoms with Crippen molar-refractivity contribution in [1.29, 1.82) is 0 Å². The molecule has 0 heterocycles. The number of aliphatic hydroxyl groups is 1. The second-order valence-corrected chi connectivity index (χ2v) is 5.52. The SMILES string of the molecule is O=C(NCC1(O)Cc2ccccc2C1)Nc1ccccc1. The van der Waals surface area contributed by atoms with Crippen molar-refractivity contribution >= 4 is 11.7 Å². The Morgan fingerprint density at radius 2 is 1.57 bits per heavy atom. The van der Waals surface area contributed by atoms with Gasteiger partial charge in [0.05, 0.1) is 5.60 Å². The quantitative estimate of drug-likeness (QED) is 0.809. The van der Waals surface area contributed by atoms with E-state index in [4.69, 9.17) is 0 Å². The molecule has 0 saturated carbocycles. The largest absolute Gasteiger partial charge is 0.387 e. The zero-order chi connectivity index (χ0) is 14.7. The van der Waals surface area contributed by atoms with E-state index in [0.717, 1.165) is 16.8 Å². The highest BCUT2D eigenvalue weighted by Crippen LogP contribution is 2.29. The number of hydrogen-bond donors (Lipinski definition) is 3. The molecule has 0 fully saturated rings. The predicted octanol–water partition coefficient (Wildman–Crippen LogP) is 2.34. The molecule has 0 radical (unpaired) electrons. The Labute approximate surface area is 123 Å². The lowest BCUT2D eigenvalue weighted by molar-refractivity contribution is 0.0541. The number of carbonyl (C=O) groups is 1. The minimum absolute atomic E-state index is 0.236. The molecule has 2 aromatic carbocycles. The minimum Gasteiger partial charge on any atom is -0.387 e. The first kappa shape index (κ1) is 13.6. The van der Waals surface area contributed by atoms with Crippen LogP contribution in [0.15, 0.2) is 54.6 Å². The lowest BCUT2D eigenvalue weighted by Crippen LogP contribution is -2.45. The van der Waals surface area contributed by atoms with Gasteiger partial charge in [-0.3, -0.25) is 0 Å². The molecule has 2 amide bonds. The Morgan fingerprint density at radius 1 is 1.00 bits per heavy atom. The molecule has 0 spiro atoms. The van der Waals surface area contributed by atoms with Gasteiger partial charge < -0.3 is 15.7 Å². The van der Waals surface area contributed by atoms with Crippen molar-refractivity contribution in [3.8, 4) is 0 Å². The molecule has 0 aromatic heterocycles. The third-order valence-corrected chi connectivity index (χ3v) is 3.77. The molecule has 21 heavy (non-hydrogen) atoms. The standard InChI is InChI=1S/C17H18N2O2/c20-16(19-15-8-2-1-3-9-15)18-12-17(21)10-13-6-4-5-7-14(13)11-17/h1-9,21H,10-12H2,(H2,18,19,20). The van der Waals surface area contributed by atoms with Gasteiger partial charge in [-0.15, -0.1) is 0 Å². The fourth-order valence-corrected chi connectivity index (χ4v) is 2.74. The maximum absolute atomic E-state index is 11.9. The second-order valence-electron chi connectivity index (χ2n) is 5.52. The van der Waals surface area contributed by atoms with Crippen molar-refractivity contribution in [3.63, 3.8) is 0 Å². The lowest BCUT2D eigenvalue weighted by Gasteiger charge is -2.22. The van der Waals surface area contributed by atoms with Crippen LogP contribution in [0.1, 0.15) is 11.1 Å². The molecular weight excluding hydrogens is 264 g/mol. The summed E-state index contributed by atoms with van der Waals surface area (Å²) in [6.07, 6.45) is 1.16. The van der Waals surface area contributed by atoms with E-state index in [2.05, 4.69) is 10.6 Å². The Bertz CT molecular complexity index is 615. The number of rotatable bonds is 3. The minimum atomic E-state index is -0.891. The van der Waals surface area contributed by atoms with Gasteiger partial charge >= 0.3 is 6.03 Å². The Morgan fingerprint density at radius 3 is 2.19 bits per heavy atom. The number of hydrogen-bond acceptors (Lipinski definition) is 2. The van der Waals surface area contributed by atoms with Gasteiger partial charge in [-0.1, -0.05) is 42.5 Å². The van der Waals surface area contributed by atoms with Crippen LogP contribution in [0.4, 0.5) is 10.5 Å². The first-order chi connectivity index (χ1) is 10.1. The summed E-state index contributed by atoms with van der Waals surface area (Å²) in [4.78, 5) is 11.9. The molecule has 3 N–H and O–H groups in total. The lowest BCUT2D eigenvalue weighted by atomic mass is 10.0. The molecule has 0 atom stereocenters. The predicted molar refractivity (Wildman–Crippen MR) is 82.3 cm³/mol. The Balaban J connectivity index is 1.55. The zero-order valence-electron chi connectivity index (χ0n) is 11.7. The van der Waals surface area contributed by atoms with Crippen LogP contribution in [0.2, 0.25) is 0 Å². The number of amides is 2. The Kier molecular flexibility index (Phi) is 3.62. The number of fused-ring (bicyclic) bond motifs is 1. The van der Waals surface area contributed by atoms with Crippen LogP contribution in [-0.2, 0) is 12.8 Å². The van der Waals surface area contributed by atoms with Gasteiger partial charge in [0, 0.05) is 25.1 Å². The monoisotopic (exact) mass is 282 g/mol. The van der Waals surface area contributed by atoms with Gasteiger partial charge in [0.25, 0.3) is 0 Å². The summed E-state index contributed by atoms with van der Waals surface area (Å²) in [5, 5.41) is 16.1. The maximum atomic E-state index is 11.9. The van der Waals surface area contributed by atoms with E-state index >= 15 is 0 Å². The Hall–Kier alpha value is -2.33. The van der Waals surface area contributed by atoms with Gasteiger partial charge in [0.2, 0.25) is 0 Å². The van der Waals surface area contributed by atoms with Crippen molar-refractivity contribution in [2.75, 3.05) is 11.9 Å². The van der Waals surface area contributed by atoms with E-state index < -0.39 is 5.60 Å². The van der Waals surface area contributed by atoms with Crippen molar-refractivity contribution in [3.05, 3.63) is 65.7 Å². The third-order valence-electron chi connectivity index (χ3n) is 3.77. The van der Waals surface area contributed by atoms with Crippen LogP contribution in [0.25, 0.3) is 0 Å². The van der Waals surface area contributed by atoms with E-state index in [0.29, 0.717) is 12.8 Å². The van der Waals surface area contributed by atoms with Crippen LogP contribution < -0.4 is 10.6 Å². The average Bonchev–Trinajstić information content (AvgIpc) is 2.83. The molecule has 0 bridgehead atoms. The topological polar surface area (TPSA) is 61.4 Å². The maximum Gasteiger partial charge on any atom is 0.319 e. The van der Waals surface area contributed by atoms with Gasteiger partial charge in [-0.25, -0.2) is 4.79 Å². The van der Waals surface area contributed by atoms with Crippen LogP contribution in [0.5, 0.6) is 0 Å². The van der Waals surface area contributed by atoms with Gasteiger partial charge in [0.1, 0.15) is 0 Å². The van der Waals surface area contributed by atoms with E-state index in [1.807, 2.05) is 54.6 Å². The number of urea groups is 1. The number of carbonyl (C=O) groups excluding carboxylic acids is 1. The molecule has 1 aliphatic rings. The average molecular weight is 282 g/mol. The van der Waals surface area contributed by atoms with E-state index in [-0.39, 0.29) is 12.6 Å². The fourth-order valence-electron chi connectivity index (χ4n) is 2.74. The number of benzene rings is 2. The van der Waals surface area contributed by atoms with Crippen LogP contribution in [0.3, 0.4) is 0 Å². The summed E-state index contributed by atoms with van der Waals surface area (Å²) >= 11 is 0. The van der Waals surface area contributed by atoms with Gasteiger partial charge in [0.15, 0.2) is 0 Å². The summed E-state index contributed by atoms with van der Waals surface area (Å²) in [5.41, 5.74) is 2.16. The van der Waals surface area contributed by atoms with E-state index in [1.54, 1.807) is 0 Å². The first-order valence-corrected chi connectivity index (χ1v) is 7.04. The normalized spacial score (nSPS) is 15.3. The molecule has 4 nitrogen and oxygen atoms in total. The van der Waals surface area contributed by atoms with Crippen LogP contribution in [-0.4, -0.2) is 23.3 Å². The summed E-state index contributed by atoms with van der Waals surface area (Å²) in [5.74, 6) is 0. The number of nitrogens with one attached hydrogen (secondary N) is 2.